The number of rotatable bonds is 3. The van der Waals surface area contributed by atoms with Gasteiger partial charge in [0.2, 0.25) is 0 Å². The standard InChI is InChI=1S/C13H17N3O/c1-2-8-3-5-10-12(8)16-13(15-10)11-6-4-9(7-14)17-11/h4,6,8H,2-3,5,7,14H2,1H3,(H,15,16). The predicted octanol–water partition coefficient (Wildman–Crippen LogP) is 2.57. The Hall–Kier alpha value is -1.55. The maximum absolute atomic E-state index is 5.61. The molecule has 2 heterocycles. The van der Waals surface area contributed by atoms with Crippen LogP contribution in [-0.2, 0) is 13.0 Å². The number of aromatic nitrogens is 2. The molecule has 0 saturated carbocycles. The number of fused-ring (bicyclic) bond motifs is 1. The van der Waals surface area contributed by atoms with Crippen molar-refractivity contribution in [1.82, 2.24) is 9.97 Å². The predicted molar refractivity (Wildman–Crippen MR) is 65.5 cm³/mol. The van der Waals surface area contributed by atoms with Crippen molar-refractivity contribution in [1.29, 1.82) is 0 Å². The van der Waals surface area contributed by atoms with Gasteiger partial charge in [0, 0.05) is 11.6 Å². The molecular formula is C13H17N3O. The molecule has 0 spiro atoms. The van der Waals surface area contributed by atoms with Gasteiger partial charge in [0.05, 0.1) is 12.2 Å². The lowest BCUT2D eigenvalue weighted by Gasteiger charge is -2.02. The topological polar surface area (TPSA) is 67.8 Å². The Bertz CT molecular complexity index is 527. The van der Waals surface area contributed by atoms with Gasteiger partial charge in [0.25, 0.3) is 0 Å². The monoisotopic (exact) mass is 231 g/mol. The highest BCUT2D eigenvalue weighted by Gasteiger charge is 2.26. The van der Waals surface area contributed by atoms with Crippen molar-refractivity contribution in [3.63, 3.8) is 0 Å². The van der Waals surface area contributed by atoms with Crippen molar-refractivity contribution in [3.05, 3.63) is 29.3 Å². The number of hydrogen-bond donors (Lipinski definition) is 2. The maximum atomic E-state index is 5.61. The summed E-state index contributed by atoms with van der Waals surface area (Å²) in [5, 5.41) is 0. The third-order valence-corrected chi connectivity index (χ3v) is 3.53. The van der Waals surface area contributed by atoms with Crippen LogP contribution >= 0.6 is 0 Å². The molecule has 2 aromatic rings. The second-order valence-electron chi connectivity index (χ2n) is 4.56. The van der Waals surface area contributed by atoms with Crippen molar-refractivity contribution in [2.45, 2.75) is 38.6 Å². The number of nitrogens with two attached hydrogens (primary N) is 1. The number of furan rings is 1. The molecule has 0 radical (unpaired) electrons. The van der Waals surface area contributed by atoms with Crippen LogP contribution in [0.4, 0.5) is 0 Å². The van der Waals surface area contributed by atoms with E-state index in [4.69, 9.17) is 10.2 Å². The number of aryl methyl sites for hydroxylation is 1. The zero-order chi connectivity index (χ0) is 11.8. The maximum Gasteiger partial charge on any atom is 0.174 e. The average molecular weight is 231 g/mol. The smallest absolute Gasteiger partial charge is 0.174 e. The minimum atomic E-state index is 0.429. The molecule has 0 aromatic carbocycles. The molecule has 17 heavy (non-hydrogen) atoms. The van der Waals surface area contributed by atoms with E-state index < -0.39 is 0 Å². The van der Waals surface area contributed by atoms with Gasteiger partial charge in [-0.1, -0.05) is 6.92 Å². The van der Waals surface area contributed by atoms with Gasteiger partial charge >= 0.3 is 0 Å². The zero-order valence-corrected chi connectivity index (χ0v) is 9.99. The molecule has 0 fully saturated rings. The molecule has 1 aliphatic rings. The minimum Gasteiger partial charge on any atom is -0.456 e. The highest BCUT2D eigenvalue weighted by molar-refractivity contribution is 5.50. The van der Waals surface area contributed by atoms with Crippen LogP contribution < -0.4 is 5.73 Å². The SMILES string of the molecule is CCC1CCc2[nH]c(-c3ccc(CN)o3)nc21. The van der Waals surface area contributed by atoms with E-state index >= 15 is 0 Å². The van der Waals surface area contributed by atoms with Crippen LogP contribution in [0.1, 0.15) is 42.8 Å². The van der Waals surface area contributed by atoms with Crippen LogP contribution in [0.25, 0.3) is 11.6 Å². The zero-order valence-electron chi connectivity index (χ0n) is 9.99. The van der Waals surface area contributed by atoms with Crippen LogP contribution in [-0.4, -0.2) is 9.97 Å². The normalized spacial score (nSPS) is 18.6. The Morgan fingerprint density at radius 3 is 3.12 bits per heavy atom. The fourth-order valence-corrected chi connectivity index (χ4v) is 2.54. The van der Waals surface area contributed by atoms with Crippen LogP contribution in [0.3, 0.4) is 0 Å². The first-order valence-electron chi connectivity index (χ1n) is 6.19. The van der Waals surface area contributed by atoms with Crippen molar-refractivity contribution < 1.29 is 4.42 Å². The van der Waals surface area contributed by atoms with Gasteiger partial charge in [-0.3, -0.25) is 0 Å². The Balaban J connectivity index is 1.95. The van der Waals surface area contributed by atoms with Gasteiger partial charge in [0.1, 0.15) is 5.76 Å². The summed E-state index contributed by atoms with van der Waals surface area (Å²) in [4.78, 5) is 8.04. The van der Waals surface area contributed by atoms with E-state index in [2.05, 4.69) is 16.9 Å². The van der Waals surface area contributed by atoms with E-state index in [1.807, 2.05) is 12.1 Å². The summed E-state index contributed by atoms with van der Waals surface area (Å²) >= 11 is 0. The highest BCUT2D eigenvalue weighted by atomic mass is 16.3. The summed E-state index contributed by atoms with van der Waals surface area (Å²) in [5.74, 6) is 3.03. The van der Waals surface area contributed by atoms with Crippen molar-refractivity contribution in [2.75, 3.05) is 0 Å². The summed E-state index contributed by atoms with van der Waals surface area (Å²) in [7, 11) is 0. The lowest BCUT2D eigenvalue weighted by Crippen LogP contribution is -1.93. The van der Waals surface area contributed by atoms with Crippen molar-refractivity contribution in [3.8, 4) is 11.6 Å². The van der Waals surface area contributed by atoms with Crippen LogP contribution in [0.2, 0.25) is 0 Å². The van der Waals surface area contributed by atoms with Gasteiger partial charge < -0.3 is 15.1 Å². The molecule has 90 valence electrons. The number of nitrogens with zero attached hydrogens (tertiary/aromatic N) is 1. The Morgan fingerprint density at radius 1 is 1.53 bits per heavy atom. The van der Waals surface area contributed by atoms with Crippen molar-refractivity contribution >= 4 is 0 Å². The number of H-pyrrole nitrogens is 1. The Kier molecular flexibility index (Phi) is 2.52. The van der Waals surface area contributed by atoms with Crippen LogP contribution in [0.5, 0.6) is 0 Å². The van der Waals surface area contributed by atoms with Gasteiger partial charge in [0.15, 0.2) is 11.6 Å². The molecule has 4 nitrogen and oxygen atoms in total. The number of aromatic amines is 1. The first-order chi connectivity index (χ1) is 8.31. The average Bonchev–Trinajstić information content (AvgIpc) is 3.02. The van der Waals surface area contributed by atoms with Gasteiger partial charge in [-0.2, -0.15) is 0 Å². The fraction of sp³-hybridized carbons (Fsp3) is 0.462. The van der Waals surface area contributed by atoms with E-state index in [1.54, 1.807) is 0 Å². The first kappa shape index (κ1) is 10.6. The second-order valence-corrected chi connectivity index (χ2v) is 4.56. The van der Waals surface area contributed by atoms with Gasteiger partial charge in [-0.15, -0.1) is 0 Å². The second kappa shape index (κ2) is 4.04. The van der Waals surface area contributed by atoms with E-state index in [0.717, 1.165) is 30.2 Å². The van der Waals surface area contributed by atoms with E-state index in [1.165, 1.54) is 17.8 Å². The molecule has 0 saturated heterocycles. The summed E-state index contributed by atoms with van der Waals surface area (Å²) in [6.07, 6.45) is 3.48. The minimum absolute atomic E-state index is 0.429. The Morgan fingerprint density at radius 2 is 2.41 bits per heavy atom. The summed E-state index contributed by atoms with van der Waals surface area (Å²) in [6.45, 7) is 2.64. The highest BCUT2D eigenvalue weighted by Crippen LogP contribution is 2.35. The van der Waals surface area contributed by atoms with Crippen LogP contribution in [0, 0.1) is 0 Å². The first-order valence-corrected chi connectivity index (χ1v) is 6.19. The molecular weight excluding hydrogens is 214 g/mol. The third-order valence-electron chi connectivity index (χ3n) is 3.53. The lowest BCUT2D eigenvalue weighted by molar-refractivity contribution is 0.521. The van der Waals surface area contributed by atoms with E-state index in [9.17, 15) is 0 Å². The number of nitrogens with one attached hydrogen (secondary N) is 1. The summed E-state index contributed by atoms with van der Waals surface area (Å²) in [5.41, 5.74) is 8.04. The number of imidazole rings is 1. The van der Waals surface area contributed by atoms with E-state index in [0.29, 0.717) is 12.5 Å². The largest absolute Gasteiger partial charge is 0.456 e. The summed E-state index contributed by atoms with van der Waals surface area (Å²) in [6, 6.07) is 3.83. The van der Waals surface area contributed by atoms with Crippen LogP contribution in [0.15, 0.2) is 16.5 Å². The molecule has 1 atom stereocenters. The number of hydrogen-bond acceptors (Lipinski definition) is 3. The molecule has 2 aromatic heterocycles. The quantitative estimate of drug-likeness (QED) is 0.853. The molecule has 0 amide bonds. The van der Waals surface area contributed by atoms with Crippen molar-refractivity contribution in [2.24, 2.45) is 5.73 Å². The third kappa shape index (κ3) is 1.69. The molecule has 4 heteroatoms. The molecule has 1 aliphatic carbocycles. The molecule has 0 bridgehead atoms. The van der Waals surface area contributed by atoms with Gasteiger partial charge in [-0.05, 0) is 31.4 Å². The van der Waals surface area contributed by atoms with E-state index in [-0.39, 0.29) is 0 Å². The molecule has 1 unspecified atom stereocenters. The molecule has 0 aliphatic heterocycles. The molecule has 3 N–H and O–H groups in total. The summed E-state index contributed by atoms with van der Waals surface area (Å²) < 4.78 is 5.61. The fourth-order valence-electron chi connectivity index (χ4n) is 2.54. The lowest BCUT2D eigenvalue weighted by atomic mass is 10.1. The Labute approximate surface area is 100 Å². The van der Waals surface area contributed by atoms with Gasteiger partial charge in [-0.25, -0.2) is 4.98 Å². The molecule has 3 rings (SSSR count).